The molecule has 3 aromatic carbocycles. The summed E-state index contributed by atoms with van der Waals surface area (Å²) >= 11 is 6.45. The Morgan fingerprint density at radius 2 is 1.43 bits per heavy atom. The number of hydrogen-bond donors (Lipinski definition) is 0. The number of hydrogen-bond acceptors (Lipinski definition) is 6. The molecule has 3 aliphatic rings. The number of carbonyl (C=O) groups is 4. The van der Waals surface area contributed by atoms with Gasteiger partial charge in [0.1, 0.15) is 5.75 Å². The van der Waals surface area contributed by atoms with Crippen LogP contribution in [-0.4, -0.2) is 36.1 Å². The Morgan fingerprint density at radius 3 is 2.03 bits per heavy atom. The molecule has 0 bridgehead atoms. The second-order valence-corrected chi connectivity index (χ2v) is 9.12. The number of methoxy groups -OCH3 is 1. The Bertz CT molecular complexity index is 1400. The molecule has 8 heteroatoms. The second-order valence-electron chi connectivity index (χ2n) is 8.71. The van der Waals surface area contributed by atoms with E-state index in [0.717, 1.165) is 4.90 Å². The lowest BCUT2D eigenvalue weighted by Gasteiger charge is -2.27. The van der Waals surface area contributed by atoms with Crippen molar-refractivity contribution in [2.75, 3.05) is 12.0 Å². The summed E-state index contributed by atoms with van der Waals surface area (Å²) in [7, 11) is 1.51. The molecule has 1 spiro atoms. The van der Waals surface area contributed by atoms with Gasteiger partial charge in [-0.05, 0) is 30.3 Å². The number of fused-ring (bicyclic) bond motifs is 3. The number of ether oxygens (including phenoxy) is 2. The van der Waals surface area contributed by atoms with Crippen LogP contribution in [0.3, 0.4) is 0 Å². The van der Waals surface area contributed by atoms with Gasteiger partial charge in [0.05, 0.1) is 30.7 Å². The first-order valence-electron chi connectivity index (χ1n) is 11.0. The van der Waals surface area contributed by atoms with E-state index < -0.39 is 46.9 Å². The maximum absolute atomic E-state index is 13.9. The molecule has 0 N–H and O–H groups in total. The maximum atomic E-state index is 13.9. The molecular formula is C27H18ClNO6. The predicted molar refractivity (Wildman–Crippen MR) is 126 cm³/mol. The van der Waals surface area contributed by atoms with Crippen molar-refractivity contribution in [3.05, 3.63) is 94.5 Å². The largest absolute Gasteiger partial charge is 0.497 e. The van der Waals surface area contributed by atoms with E-state index in [-0.39, 0.29) is 11.1 Å². The lowest BCUT2D eigenvalue weighted by molar-refractivity contribution is -0.127. The average molecular weight is 488 g/mol. The van der Waals surface area contributed by atoms with Crippen molar-refractivity contribution in [2.24, 2.45) is 11.8 Å². The van der Waals surface area contributed by atoms with Gasteiger partial charge in [0.15, 0.2) is 0 Å². The molecule has 0 radical (unpaired) electrons. The smallest absolute Gasteiger partial charge is 0.241 e. The van der Waals surface area contributed by atoms with E-state index in [4.69, 9.17) is 21.1 Å². The van der Waals surface area contributed by atoms with Crippen LogP contribution >= 0.6 is 11.6 Å². The fourth-order valence-electron chi connectivity index (χ4n) is 5.49. The van der Waals surface area contributed by atoms with E-state index in [1.807, 2.05) is 0 Å². The SMILES string of the molecule is COc1ccc(N2C(=O)[C@@H]3[C@@H](c4ccccc4Cl)OC4(C(=O)c5ccccc5C4=O)[C@H]3C2=O)cc1. The van der Waals surface area contributed by atoms with E-state index in [1.54, 1.807) is 60.7 Å². The Balaban J connectivity index is 1.54. The number of nitrogens with zero attached hydrogens (tertiary/aromatic N) is 1. The fraction of sp³-hybridized carbons (Fsp3) is 0.185. The van der Waals surface area contributed by atoms with E-state index >= 15 is 0 Å². The highest BCUT2D eigenvalue weighted by Gasteiger charge is 2.74. The lowest BCUT2D eigenvalue weighted by Crippen LogP contribution is -2.51. The fourth-order valence-corrected chi connectivity index (χ4v) is 5.73. The summed E-state index contributed by atoms with van der Waals surface area (Å²) in [5.74, 6) is -4.31. The van der Waals surface area contributed by atoms with Crippen LogP contribution in [0.25, 0.3) is 0 Å². The topological polar surface area (TPSA) is 90.0 Å². The quantitative estimate of drug-likeness (QED) is 0.409. The standard InChI is InChI=1S/C27H18ClNO6/c1-34-15-12-10-14(11-13-15)29-25(32)20-21(26(29)33)27(35-22(20)18-8-4-5-9-19(18)28)23(30)16-6-2-3-7-17(16)24(27)31/h2-13,20-22H,1H3/t20-,21+,22+/m0/s1. The van der Waals surface area contributed by atoms with Crippen molar-refractivity contribution in [3.63, 3.8) is 0 Å². The monoisotopic (exact) mass is 487 g/mol. The van der Waals surface area contributed by atoms with Crippen LogP contribution < -0.4 is 9.64 Å². The molecule has 2 fully saturated rings. The number of amides is 2. The molecule has 2 saturated heterocycles. The van der Waals surface area contributed by atoms with Gasteiger partial charge in [-0.15, -0.1) is 0 Å². The molecule has 3 aromatic rings. The first kappa shape index (κ1) is 21.7. The van der Waals surface area contributed by atoms with E-state index in [1.165, 1.54) is 19.2 Å². The molecule has 174 valence electrons. The number of halogens is 1. The highest BCUT2D eigenvalue weighted by atomic mass is 35.5. The maximum Gasteiger partial charge on any atom is 0.241 e. The molecule has 0 unspecified atom stereocenters. The number of anilines is 1. The van der Waals surface area contributed by atoms with Crippen molar-refractivity contribution in [1.29, 1.82) is 0 Å². The zero-order valence-electron chi connectivity index (χ0n) is 18.4. The van der Waals surface area contributed by atoms with Crippen LogP contribution in [0.15, 0.2) is 72.8 Å². The second kappa shape index (κ2) is 7.60. The summed E-state index contributed by atoms with van der Waals surface area (Å²) in [6.07, 6.45) is -1.06. The van der Waals surface area contributed by atoms with E-state index in [0.29, 0.717) is 22.0 Å². The van der Waals surface area contributed by atoms with Gasteiger partial charge in [-0.25, -0.2) is 4.90 Å². The van der Waals surface area contributed by atoms with Gasteiger partial charge in [0.2, 0.25) is 29.0 Å². The van der Waals surface area contributed by atoms with Crippen LogP contribution in [0, 0.1) is 11.8 Å². The number of rotatable bonds is 3. The lowest BCUT2D eigenvalue weighted by atomic mass is 9.77. The molecular weight excluding hydrogens is 470 g/mol. The predicted octanol–water partition coefficient (Wildman–Crippen LogP) is 4.04. The summed E-state index contributed by atoms with van der Waals surface area (Å²) in [4.78, 5) is 56.2. The number of carbonyl (C=O) groups excluding carboxylic acids is 4. The third-order valence-corrected chi connectivity index (χ3v) is 7.41. The van der Waals surface area contributed by atoms with Gasteiger partial charge in [0.25, 0.3) is 0 Å². The molecule has 0 saturated carbocycles. The summed E-state index contributed by atoms with van der Waals surface area (Å²) in [5.41, 5.74) is -1.01. The molecule has 2 heterocycles. The van der Waals surface area contributed by atoms with Crippen molar-refractivity contribution in [3.8, 4) is 5.75 Å². The zero-order valence-corrected chi connectivity index (χ0v) is 19.2. The Morgan fingerprint density at radius 1 is 0.829 bits per heavy atom. The van der Waals surface area contributed by atoms with Gasteiger partial charge in [-0.3, -0.25) is 19.2 Å². The van der Waals surface area contributed by atoms with Gasteiger partial charge in [-0.1, -0.05) is 54.1 Å². The molecule has 6 rings (SSSR count). The van der Waals surface area contributed by atoms with Crippen LogP contribution in [-0.2, 0) is 14.3 Å². The minimum atomic E-state index is -2.13. The van der Waals surface area contributed by atoms with Gasteiger partial charge in [-0.2, -0.15) is 0 Å². The van der Waals surface area contributed by atoms with Gasteiger partial charge < -0.3 is 9.47 Å². The molecule has 7 nitrogen and oxygen atoms in total. The zero-order chi connectivity index (χ0) is 24.5. The van der Waals surface area contributed by atoms with Crippen LogP contribution in [0.2, 0.25) is 5.02 Å². The summed E-state index contributed by atoms with van der Waals surface area (Å²) in [6.45, 7) is 0. The van der Waals surface area contributed by atoms with Crippen molar-refractivity contribution < 1.29 is 28.7 Å². The van der Waals surface area contributed by atoms with Crippen LogP contribution in [0.1, 0.15) is 32.4 Å². The molecule has 2 amide bonds. The number of Topliss-reactive ketones (excluding diaryl/α,β-unsaturated/α-hetero) is 2. The van der Waals surface area contributed by atoms with Crippen molar-refractivity contribution in [2.45, 2.75) is 11.7 Å². The van der Waals surface area contributed by atoms with Crippen molar-refractivity contribution in [1.82, 2.24) is 0 Å². The van der Waals surface area contributed by atoms with Crippen LogP contribution in [0.4, 0.5) is 5.69 Å². The number of ketones is 2. The number of imide groups is 1. The van der Waals surface area contributed by atoms with Crippen LogP contribution in [0.5, 0.6) is 5.75 Å². The summed E-state index contributed by atoms with van der Waals surface area (Å²) < 4.78 is 11.4. The summed E-state index contributed by atoms with van der Waals surface area (Å²) in [5, 5.41) is 0.312. The van der Waals surface area contributed by atoms with Gasteiger partial charge in [0, 0.05) is 21.7 Å². The average Bonchev–Trinajstić information content (AvgIpc) is 3.44. The minimum absolute atomic E-state index is 0.180. The first-order valence-corrected chi connectivity index (χ1v) is 11.4. The molecule has 35 heavy (non-hydrogen) atoms. The van der Waals surface area contributed by atoms with E-state index in [2.05, 4.69) is 0 Å². The Labute approximate surface area is 205 Å². The normalized spacial score (nSPS) is 24.3. The molecule has 2 aliphatic heterocycles. The Hall–Kier alpha value is -3.81. The number of benzene rings is 3. The molecule has 1 aliphatic carbocycles. The van der Waals surface area contributed by atoms with Crippen molar-refractivity contribution >= 4 is 40.7 Å². The summed E-state index contributed by atoms with van der Waals surface area (Å²) in [6, 6.07) is 19.5. The molecule has 0 aromatic heterocycles. The molecule has 3 atom stereocenters. The highest BCUT2D eigenvalue weighted by molar-refractivity contribution is 6.37. The highest BCUT2D eigenvalue weighted by Crippen LogP contribution is 2.58. The van der Waals surface area contributed by atoms with Gasteiger partial charge >= 0.3 is 0 Å². The third-order valence-electron chi connectivity index (χ3n) is 7.06. The van der Waals surface area contributed by atoms with E-state index in [9.17, 15) is 19.2 Å². The minimum Gasteiger partial charge on any atom is -0.497 e. The first-order chi connectivity index (χ1) is 16.9. The Kier molecular flexibility index (Phi) is 4.71. The third kappa shape index (κ3) is 2.76.